The van der Waals surface area contributed by atoms with E-state index in [2.05, 4.69) is 5.32 Å². The van der Waals surface area contributed by atoms with E-state index in [1.54, 1.807) is 0 Å². The van der Waals surface area contributed by atoms with Crippen LogP contribution in [0, 0.1) is 5.92 Å². The fraction of sp³-hybridized carbons (Fsp3) is 0.375. The summed E-state index contributed by atoms with van der Waals surface area (Å²) >= 11 is 0. The molecule has 3 rings (SSSR count). The molecule has 1 aromatic rings. The van der Waals surface area contributed by atoms with Crippen molar-refractivity contribution >= 4 is 17.3 Å². The van der Waals surface area contributed by atoms with Crippen molar-refractivity contribution in [1.29, 1.82) is 0 Å². The molecule has 1 aromatic carbocycles. The third-order valence-corrected chi connectivity index (χ3v) is 3.71. The minimum absolute atomic E-state index is 0.105. The van der Waals surface area contributed by atoms with Gasteiger partial charge in [-0.3, -0.25) is 9.59 Å². The summed E-state index contributed by atoms with van der Waals surface area (Å²) < 4.78 is 0. The number of rotatable bonds is 4. The first-order valence-corrected chi connectivity index (χ1v) is 6.90. The topological polar surface area (TPSA) is 46.2 Å². The third-order valence-electron chi connectivity index (χ3n) is 3.71. The Morgan fingerprint density at radius 2 is 1.95 bits per heavy atom. The Balaban J connectivity index is 2.03. The summed E-state index contributed by atoms with van der Waals surface area (Å²) in [5.41, 5.74) is 3.02. The second-order valence-corrected chi connectivity index (χ2v) is 5.19. The van der Waals surface area contributed by atoms with Gasteiger partial charge in [0.25, 0.3) is 5.91 Å². The first-order chi connectivity index (χ1) is 9.24. The van der Waals surface area contributed by atoms with Crippen LogP contribution in [0.1, 0.15) is 42.1 Å². The number of carbonyl (C=O) groups excluding carboxylic acids is 2. The third kappa shape index (κ3) is 1.99. The maximum Gasteiger partial charge on any atom is 0.255 e. The van der Waals surface area contributed by atoms with Gasteiger partial charge in [0.05, 0.1) is 5.57 Å². The van der Waals surface area contributed by atoms with E-state index in [4.69, 9.17) is 0 Å². The molecule has 0 heterocycles. The summed E-state index contributed by atoms with van der Waals surface area (Å²) in [6.45, 7) is 2.62. The van der Waals surface area contributed by atoms with E-state index in [9.17, 15) is 9.59 Å². The monoisotopic (exact) mass is 255 g/mol. The molecule has 0 unspecified atom stereocenters. The SMILES string of the molecule is CCCNC(=O)C1=C(C2CC2)c2ccccc2C1=O. The number of nitrogens with one attached hydrogen (secondary N) is 1. The summed E-state index contributed by atoms with van der Waals surface area (Å²) in [7, 11) is 0. The van der Waals surface area contributed by atoms with Crippen LogP contribution in [-0.4, -0.2) is 18.2 Å². The number of amides is 1. The van der Waals surface area contributed by atoms with Gasteiger partial charge < -0.3 is 5.32 Å². The first-order valence-electron chi connectivity index (χ1n) is 6.90. The molecule has 0 atom stereocenters. The predicted molar refractivity (Wildman–Crippen MR) is 73.7 cm³/mol. The number of allylic oxidation sites excluding steroid dienone is 1. The van der Waals surface area contributed by atoms with E-state index >= 15 is 0 Å². The molecular formula is C16H17NO2. The molecule has 0 saturated heterocycles. The second-order valence-electron chi connectivity index (χ2n) is 5.19. The summed E-state index contributed by atoms with van der Waals surface area (Å²) in [5.74, 6) is 0.0889. The Morgan fingerprint density at radius 3 is 2.58 bits per heavy atom. The van der Waals surface area contributed by atoms with Gasteiger partial charge in [-0.25, -0.2) is 0 Å². The number of fused-ring (bicyclic) bond motifs is 1. The quantitative estimate of drug-likeness (QED) is 0.840. The maximum absolute atomic E-state index is 12.4. The van der Waals surface area contributed by atoms with Gasteiger partial charge in [-0.15, -0.1) is 0 Å². The lowest BCUT2D eigenvalue weighted by Crippen LogP contribution is -2.28. The number of hydrogen-bond acceptors (Lipinski definition) is 2. The Kier molecular flexibility index (Phi) is 2.97. The van der Waals surface area contributed by atoms with E-state index in [1.807, 2.05) is 31.2 Å². The van der Waals surface area contributed by atoms with Crippen molar-refractivity contribution in [3.63, 3.8) is 0 Å². The molecule has 1 saturated carbocycles. The van der Waals surface area contributed by atoms with Gasteiger partial charge in [-0.05, 0) is 36.3 Å². The lowest BCUT2D eigenvalue weighted by atomic mass is 10.0. The Labute approximate surface area is 112 Å². The number of Topliss-reactive ketones (excluding diaryl/α,β-unsaturated/α-hetero) is 1. The van der Waals surface area contributed by atoms with E-state index in [0.29, 0.717) is 23.6 Å². The van der Waals surface area contributed by atoms with Crippen molar-refractivity contribution in [1.82, 2.24) is 5.32 Å². The summed E-state index contributed by atoms with van der Waals surface area (Å²) in [4.78, 5) is 24.7. The normalized spacial score (nSPS) is 17.6. The minimum atomic E-state index is -0.204. The number of benzene rings is 1. The van der Waals surface area contributed by atoms with Crippen molar-refractivity contribution in [2.24, 2.45) is 5.92 Å². The zero-order chi connectivity index (χ0) is 13.4. The first kappa shape index (κ1) is 12.2. The molecule has 0 radical (unpaired) electrons. The van der Waals surface area contributed by atoms with Crippen molar-refractivity contribution in [3.8, 4) is 0 Å². The number of hydrogen-bond donors (Lipinski definition) is 1. The molecule has 0 aromatic heterocycles. The molecular weight excluding hydrogens is 238 g/mol. The average molecular weight is 255 g/mol. The van der Waals surface area contributed by atoms with Crippen LogP contribution in [0.4, 0.5) is 0 Å². The van der Waals surface area contributed by atoms with Crippen LogP contribution in [0.15, 0.2) is 29.8 Å². The van der Waals surface area contributed by atoms with E-state index in [-0.39, 0.29) is 11.7 Å². The molecule has 19 heavy (non-hydrogen) atoms. The minimum Gasteiger partial charge on any atom is -0.352 e. The fourth-order valence-electron chi connectivity index (χ4n) is 2.66. The molecule has 3 nitrogen and oxygen atoms in total. The van der Waals surface area contributed by atoms with Crippen LogP contribution in [-0.2, 0) is 4.79 Å². The zero-order valence-corrected chi connectivity index (χ0v) is 11.0. The highest BCUT2D eigenvalue weighted by Gasteiger charge is 2.40. The molecule has 0 spiro atoms. The molecule has 0 bridgehead atoms. The maximum atomic E-state index is 12.4. The number of carbonyl (C=O) groups is 2. The lowest BCUT2D eigenvalue weighted by molar-refractivity contribution is -0.117. The molecule has 1 N–H and O–H groups in total. The summed E-state index contributed by atoms with van der Waals surface area (Å²) in [5, 5.41) is 2.83. The van der Waals surface area contributed by atoms with Gasteiger partial charge in [-0.1, -0.05) is 31.2 Å². The van der Waals surface area contributed by atoms with E-state index in [1.165, 1.54) is 0 Å². The molecule has 2 aliphatic carbocycles. The van der Waals surface area contributed by atoms with Gasteiger partial charge in [0.1, 0.15) is 0 Å². The Hall–Kier alpha value is -1.90. The van der Waals surface area contributed by atoms with Gasteiger partial charge in [0.2, 0.25) is 0 Å². The molecule has 0 aliphatic heterocycles. The van der Waals surface area contributed by atoms with Gasteiger partial charge >= 0.3 is 0 Å². The van der Waals surface area contributed by atoms with Crippen molar-refractivity contribution in [2.45, 2.75) is 26.2 Å². The average Bonchev–Trinajstić information content (AvgIpc) is 3.22. The molecule has 1 amide bonds. The summed E-state index contributed by atoms with van der Waals surface area (Å²) in [6.07, 6.45) is 3.04. The zero-order valence-electron chi connectivity index (χ0n) is 11.0. The Bertz CT molecular complexity index is 582. The standard InChI is InChI=1S/C16H17NO2/c1-2-9-17-16(19)14-13(10-7-8-10)11-5-3-4-6-12(11)15(14)18/h3-6,10H,2,7-9H2,1H3,(H,17,19). The predicted octanol–water partition coefficient (Wildman–Crippen LogP) is 2.57. The van der Waals surface area contributed by atoms with Gasteiger partial charge in [0.15, 0.2) is 5.78 Å². The van der Waals surface area contributed by atoms with Crippen LogP contribution in [0.3, 0.4) is 0 Å². The number of ketones is 1. The molecule has 3 heteroatoms. The second kappa shape index (κ2) is 4.65. The van der Waals surface area contributed by atoms with Crippen LogP contribution in [0.5, 0.6) is 0 Å². The highest BCUT2D eigenvalue weighted by Crippen LogP contribution is 2.48. The largest absolute Gasteiger partial charge is 0.352 e. The van der Waals surface area contributed by atoms with Gasteiger partial charge in [-0.2, -0.15) is 0 Å². The van der Waals surface area contributed by atoms with Crippen molar-refractivity contribution in [3.05, 3.63) is 41.0 Å². The van der Waals surface area contributed by atoms with Crippen LogP contribution in [0.25, 0.3) is 5.57 Å². The van der Waals surface area contributed by atoms with Gasteiger partial charge in [0, 0.05) is 12.1 Å². The highest BCUT2D eigenvalue weighted by atomic mass is 16.2. The van der Waals surface area contributed by atoms with E-state index in [0.717, 1.165) is 30.4 Å². The van der Waals surface area contributed by atoms with Crippen LogP contribution >= 0.6 is 0 Å². The van der Waals surface area contributed by atoms with Crippen molar-refractivity contribution in [2.75, 3.05) is 6.54 Å². The Morgan fingerprint density at radius 1 is 1.26 bits per heavy atom. The summed E-state index contributed by atoms with van der Waals surface area (Å²) in [6, 6.07) is 7.57. The van der Waals surface area contributed by atoms with Crippen molar-refractivity contribution < 1.29 is 9.59 Å². The van der Waals surface area contributed by atoms with Crippen LogP contribution in [0.2, 0.25) is 0 Å². The lowest BCUT2D eigenvalue weighted by Gasteiger charge is -2.06. The van der Waals surface area contributed by atoms with E-state index < -0.39 is 0 Å². The van der Waals surface area contributed by atoms with Crippen LogP contribution < -0.4 is 5.32 Å². The fourth-order valence-corrected chi connectivity index (χ4v) is 2.66. The molecule has 1 fully saturated rings. The smallest absolute Gasteiger partial charge is 0.255 e. The molecule has 98 valence electrons. The molecule has 2 aliphatic rings. The highest BCUT2D eigenvalue weighted by molar-refractivity contribution is 6.34.